The summed E-state index contributed by atoms with van der Waals surface area (Å²) in [6.45, 7) is 3.83. The first-order chi connectivity index (χ1) is 12.1. The standard InChI is InChI=1S/C18H28N4O2S.HI/c1-3-19-18(22-14-6-9-16(12-14)25-2)21-11-10-20-17(24)13-4-7-15(23)8-5-13;/h4-5,7-8,14,16,23H,3,6,9-12H2,1-2H3,(H,20,24)(H2,19,21,22);1H. The maximum absolute atomic E-state index is 12.0. The Morgan fingerprint density at radius 2 is 2.00 bits per heavy atom. The summed E-state index contributed by atoms with van der Waals surface area (Å²) in [5.74, 6) is 0.804. The lowest BCUT2D eigenvalue weighted by molar-refractivity contribution is 0.0955. The highest BCUT2D eigenvalue weighted by Crippen LogP contribution is 2.27. The molecule has 0 spiro atoms. The predicted octanol–water partition coefficient (Wildman–Crippen LogP) is 2.58. The molecule has 6 nitrogen and oxygen atoms in total. The van der Waals surface area contributed by atoms with E-state index in [0.717, 1.165) is 17.8 Å². The molecule has 1 aliphatic carbocycles. The maximum Gasteiger partial charge on any atom is 0.251 e. The SMILES string of the molecule is CCNC(=NCCNC(=O)c1ccc(O)cc1)NC1CCC(SC)C1.I. The number of phenols is 1. The van der Waals surface area contributed by atoms with Crippen molar-refractivity contribution in [3.05, 3.63) is 29.8 Å². The molecule has 2 rings (SSSR count). The molecule has 0 aliphatic heterocycles. The van der Waals surface area contributed by atoms with Crippen molar-refractivity contribution in [2.45, 2.75) is 37.5 Å². The third-order valence-electron chi connectivity index (χ3n) is 4.20. The van der Waals surface area contributed by atoms with Crippen LogP contribution in [0.3, 0.4) is 0 Å². The van der Waals surface area contributed by atoms with E-state index in [-0.39, 0.29) is 35.6 Å². The number of carbonyl (C=O) groups excluding carboxylic acids is 1. The highest BCUT2D eigenvalue weighted by Gasteiger charge is 2.24. The molecule has 2 unspecified atom stereocenters. The topological polar surface area (TPSA) is 85.8 Å². The monoisotopic (exact) mass is 492 g/mol. The molecule has 0 radical (unpaired) electrons. The third-order valence-corrected chi connectivity index (χ3v) is 5.29. The van der Waals surface area contributed by atoms with Crippen LogP contribution in [0.5, 0.6) is 5.75 Å². The van der Waals surface area contributed by atoms with Gasteiger partial charge in [-0.2, -0.15) is 11.8 Å². The minimum absolute atomic E-state index is 0. The molecule has 1 saturated carbocycles. The molecule has 8 heteroatoms. The fraction of sp³-hybridized carbons (Fsp3) is 0.556. The number of carbonyl (C=O) groups is 1. The normalized spacial score (nSPS) is 19.5. The number of thioether (sulfide) groups is 1. The van der Waals surface area contributed by atoms with Gasteiger partial charge in [-0.05, 0) is 56.7 Å². The molecular formula is C18H29IN4O2S. The van der Waals surface area contributed by atoms with Crippen LogP contribution in [0.2, 0.25) is 0 Å². The van der Waals surface area contributed by atoms with Crippen molar-refractivity contribution in [1.29, 1.82) is 0 Å². The number of nitrogens with one attached hydrogen (secondary N) is 3. The minimum Gasteiger partial charge on any atom is -0.508 e. The number of amides is 1. The third kappa shape index (κ3) is 7.61. The molecular weight excluding hydrogens is 463 g/mol. The molecule has 0 bridgehead atoms. The number of benzene rings is 1. The zero-order chi connectivity index (χ0) is 18.1. The van der Waals surface area contributed by atoms with Gasteiger partial charge in [0.15, 0.2) is 5.96 Å². The van der Waals surface area contributed by atoms with E-state index < -0.39 is 0 Å². The van der Waals surface area contributed by atoms with Gasteiger partial charge in [0.05, 0.1) is 6.54 Å². The smallest absolute Gasteiger partial charge is 0.251 e. The van der Waals surface area contributed by atoms with Crippen molar-refractivity contribution >= 4 is 47.6 Å². The lowest BCUT2D eigenvalue weighted by Gasteiger charge is -2.17. The van der Waals surface area contributed by atoms with Gasteiger partial charge in [0.2, 0.25) is 0 Å². The number of phenolic OH excluding ortho intramolecular Hbond substituents is 1. The Kier molecular flexibility index (Phi) is 10.8. The van der Waals surface area contributed by atoms with Gasteiger partial charge in [0, 0.05) is 29.9 Å². The first kappa shape index (κ1) is 22.9. The van der Waals surface area contributed by atoms with Gasteiger partial charge in [-0.15, -0.1) is 24.0 Å². The van der Waals surface area contributed by atoms with E-state index in [9.17, 15) is 9.90 Å². The van der Waals surface area contributed by atoms with E-state index in [4.69, 9.17) is 0 Å². The molecule has 1 amide bonds. The van der Waals surface area contributed by atoms with Crippen LogP contribution in [0.15, 0.2) is 29.3 Å². The molecule has 1 aromatic rings. The number of aromatic hydroxyl groups is 1. The van der Waals surface area contributed by atoms with Crippen LogP contribution in [0.4, 0.5) is 0 Å². The van der Waals surface area contributed by atoms with Crippen LogP contribution < -0.4 is 16.0 Å². The Balaban J connectivity index is 0.00000338. The highest BCUT2D eigenvalue weighted by molar-refractivity contribution is 14.0. The maximum atomic E-state index is 12.0. The van der Waals surface area contributed by atoms with E-state index in [1.54, 1.807) is 12.1 Å². The summed E-state index contributed by atoms with van der Waals surface area (Å²) < 4.78 is 0. The average molecular weight is 492 g/mol. The Bertz CT molecular complexity index is 583. The Hall–Kier alpha value is -1.16. The average Bonchev–Trinajstić information content (AvgIpc) is 3.07. The lowest BCUT2D eigenvalue weighted by atomic mass is 10.2. The van der Waals surface area contributed by atoms with Gasteiger partial charge >= 0.3 is 0 Å². The van der Waals surface area contributed by atoms with Crippen LogP contribution in [0.25, 0.3) is 0 Å². The van der Waals surface area contributed by atoms with Gasteiger partial charge in [-0.25, -0.2) is 0 Å². The summed E-state index contributed by atoms with van der Waals surface area (Å²) in [6.07, 6.45) is 5.76. The molecule has 1 aliphatic rings. The molecule has 1 fully saturated rings. The van der Waals surface area contributed by atoms with Crippen molar-refractivity contribution in [3.63, 3.8) is 0 Å². The molecule has 146 valence electrons. The largest absolute Gasteiger partial charge is 0.508 e. The lowest BCUT2D eigenvalue weighted by Crippen LogP contribution is -2.43. The molecule has 2 atom stereocenters. The van der Waals surface area contributed by atoms with Crippen molar-refractivity contribution in [1.82, 2.24) is 16.0 Å². The van der Waals surface area contributed by atoms with Gasteiger partial charge in [-0.3, -0.25) is 9.79 Å². The number of hydrogen-bond donors (Lipinski definition) is 4. The second-order valence-electron chi connectivity index (χ2n) is 6.08. The summed E-state index contributed by atoms with van der Waals surface area (Å²) in [6, 6.07) is 6.68. The van der Waals surface area contributed by atoms with Crippen molar-refractivity contribution in [2.24, 2.45) is 4.99 Å². The van der Waals surface area contributed by atoms with E-state index in [1.807, 2.05) is 18.7 Å². The van der Waals surface area contributed by atoms with E-state index in [2.05, 4.69) is 27.2 Å². The van der Waals surface area contributed by atoms with Crippen LogP contribution in [0.1, 0.15) is 36.5 Å². The highest BCUT2D eigenvalue weighted by atomic mass is 127. The van der Waals surface area contributed by atoms with Gasteiger partial charge in [0.1, 0.15) is 5.75 Å². The summed E-state index contributed by atoms with van der Waals surface area (Å²) in [7, 11) is 0. The molecule has 0 aromatic heterocycles. The second-order valence-corrected chi connectivity index (χ2v) is 7.21. The van der Waals surface area contributed by atoms with E-state index in [1.165, 1.54) is 31.4 Å². The molecule has 0 saturated heterocycles. The van der Waals surface area contributed by atoms with Crippen LogP contribution >= 0.6 is 35.7 Å². The summed E-state index contributed by atoms with van der Waals surface area (Å²) in [5.41, 5.74) is 0.529. The number of aliphatic imine (C=N–C) groups is 1. The fourth-order valence-corrected chi connectivity index (χ4v) is 3.65. The minimum atomic E-state index is -0.160. The van der Waals surface area contributed by atoms with Gasteiger partial charge in [-0.1, -0.05) is 0 Å². The molecule has 0 heterocycles. The molecule has 4 N–H and O–H groups in total. The van der Waals surface area contributed by atoms with E-state index >= 15 is 0 Å². The van der Waals surface area contributed by atoms with Crippen molar-refractivity contribution < 1.29 is 9.90 Å². The van der Waals surface area contributed by atoms with Crippen molar-refractivity contribution in [3.8, 4) is 5.75 Å². The molecule has 1 aromatic carbocycles. The van der Waals surface area contributed by atoms with E-state index in [0.29, 0.717) is 24.7 Å². The summed E-state index contributed by atoms with van der Waals surface area (Å²) in [5, 5.41) is 19.6. The number of guanidine groups is 1. The Labute approximate surface area is 177 Å². The summed E-state index contributed by atoms with van der Waals surface area (Å²) >= 11 is 1.94. The number of rotatable bonds is 7. The zero-order valence-electron chi connectivity index (χ0n) is 15.3. The van der Waals surface area contributed by atoms with Gasteiger partial charge in [0.25, 0.3) is 5.91 Å². The first-order valence-corrected chi connectivity index (χ1v) is 10.1. The first-order valence-electron chi connectivity index (χ1n) is 8.77. The fourth-order valence-electron chi connectivity index (χ4n) is 2.85. The summed E-state index contributed by atoms with van der Waals surface area (Å²) in [4.78, 5) is 16.5. The predicted molar refractivity (Wildman–Crippen MR) is 120 cm³/mol. The number of halogens is 1. The Morgan fingerprint density at radius 3 is 2.62 bits per heavy atom. The van der Waals surface area contributed by atoms with Crippen LogP contribution in [0, 0.1) is 0 Å². The van der Waals surface area contributed by atoms with Gasteiger partial charge < -0.3 is 21.1 Å². The second kappa shape index (κ2) is 12.3. The Morgan fingerprint density at radius 1 is 1.27 bits per heavy atom. The number of nitrogens with zero attached hydrogens (tertiary/aromatic N) is 1. The van der Waals surface area contributed by atoms with Crippen molar-refractivity contribution in [2.75, 3.05) is 25.9 Å². The zero-order valence-corrected chi connectivity index (χ0v) is 18.5. The number of hydrogen-bond acceptors (Lipinski definition) is 4. The van der Waals surface area contributed by atoms with Crippen LogP contribution in [-0.2, 0) is 0 Å². The quantitative estimate of drug-likeness (QED) is 0.204. The van der Waals surface area contributed by atoms with Crippen LogP contribution in [-0.4, -0.2) is 54.2 Å². The molecule has 26 heavy (non-hydrogen) atoms.